The lowest BCUT2D eigenvalue weighted by atomic mass is 10.2. The fourth-order valence-corrected chi connectivity index (χ4v) is 2.82. The van der Waals surface area contributed by atoms with Gasteiger partial charge >= 0.3 is 5.69 Å². The predicted molar refractivity (Wildman–Crippen MR) is 81.9 cm³/mol. The standard InChI is InChI=1S/C13H20ClN5O2/c1-9(2)8-17-4-6-18(7-5-17)12-11(19(20)21)10(3)15-13(14)16-12/h9H,4-8H2,1-3H3. The molecule has 1 fully saturated rings. The summed E-state index contributed by atoms with van der Waals surface area (Å²) in [5.41, 5.74) is 0.260. The van der Waals surface area contributed by atoms with Gasteiger partial charge in [-0.25, -0.2) is 4.98 Å². The van der Waals surface area contributed by atoms with Crippen LogP contribution in [0.3, 0.4) is 0 Å². The number of halogens is 1. The van der Waals surface area contributed by atoms with E-state index in [1.54, 1.807) is 6.92 Å². The summed E-state index contributed by atoms with van der Waals surface area (Å²) in [6, 6.07) is 0. The molecule has 1 aliphatic rings. The molecule has 0 aromatic carbocycles. The number of nitro groups is 1. The van der Waals surface area contributed by atoms with Crippen LogP contribution < -0.4 is 4.90 Å². The Bertz CT molecular complexity index is 530. The van der Waals surface area contributed by atoms with Gasteiger partial charge in [-0.05, 0) is 24.4 Å². The van der Waals surface area contributed by atoms with E-state index in [0.29, 0.717) is 30.5 Å². The van der Waals surface area contributed by atoms with Crippen LogP contribution in [-0.2, 0) is 0 Å². The van der Waals surface area contributed by atoms with Crippen molar-refractivity contribution in [2.45, 2.75) is 20.8 Å². The van der Waals surface area contributed by atoms with Gasteiger partial charge in [0.15, 0.2) is 0 Å². The van der Waals surface area contributed by atoms with E-state index in [1.807, 2.05) is 4.90 Å². The minimum atomic E-state index is -0.429. The molecular weight excluding hydrogens is 294 g/mol. The summed E-state index contributed by atoms with van der Waals surface area (Å²) in [4.78, 5) is 23.1. The first-order valence-corrected chi connectivity index (χ1v) is 7.42. The number of nitrogens with zero attached hydrogens (tertiary/aromatic N) is 5. The Labute approximate surface area is 129 Å². The molecule has 0 unspecified atom stereocenters. The largest absolute Gasteiger partial charge is 0.348 e. The van der Waals surface area contributed by atoms with Crippen molar-refractivity contribution in [3.63, 3.8) is 0 Å². The molecule has 2 heterocycles. The minimum Gasteiger partial charge on any atom is -0.348 e. The summed E-state index contributed by atoms with van der Waals surface area (Å²) in [6.07, 6.45) is 0. The SMILES string of the molecule is Cc1nc(Cl)nc(N2CCN(CC(C)C)CC2)c1[N+](=O)[O-]. The topological polar surface area (TPSA) is 75.4 Å². The second kappa shape index (κ2) is 6.53. The van der Waals surface area contributed by atoms with Gasteiger partial charge in [0, 0.05) is 32.7 Å². The second-order valence-electron chi connectivity index (χ2n) is 5.69. The van der Waals surface area contributed by atoms with Crippen LogP contribution in [0.1, 0.15) is 19.5 Å². The molecule has 2 rings (SSSR count). The maximum Gasteiger partial charge on any atom is 0.332 e. The van der Waals surface area contributed by atoms with Gasteiger partial charge in [-0.15, -0.1) is 0 Å². The number of aromatic nitrogens is 2. The molecule has 0 bridgehead atoms. The highest BCUT2D eigenvalue weighted by atomic mass is 35.5. The van der Waals surface area contributed by atoms with Crippen molar-refractivity contribution in [2.75, 3.05) is 37.6 Å². The Kier molecular flexibility index (Phi) is 4.95. The van der Waals surface area contributed by atoms with Gasteiger partial charge in [0.2, 0.25) is 11.1 Å². The molecule has 0 aliphatic carbocycles. The van der Waals surface area contributed by atoms with Crippen LogP contribution in [0.5, 0.6) is 0 Å². The third kappa shape index (κ3) is 3.79. The molecule has 0 spiro atoms. The first-order chi connectivity index (χ1) is 9.88. The number of piperazine rings is 1. The molecule has 1 aliphatic heterocycles. The second-order valence-corrected chi connectivity index (χ2v) is 6.03. The fourth-order valence-electron chi connectivity index (χ4n) is 2.61. The average molecular weight is 314 g/mol. The number of hydrogen-bond acceptors (Lipinski definition) is 6. The van der Waals surface area contributed by atoms with Crippen LogP contribution in [0.2, 0.25) is 5.28 Å². The maximum atomic E-state index is 11.3. The molecule has 1 aromatic heterocycles. The van der Waals surface area contributed by atoms with E-state index in [0.717, 1.165) is 19.6 Å². The average Bonchev–Trinajstić information content (AvgIpc) is 2.37. The molecule has 7 nitrogen and oxygen atoms in total. The number of aryl methyl sites for hydroxylation is 1. The third-order valence-corrected chi connectivity index (χ3v) is 3.66. The van der Waals surface area contributed by atoms with Crippen molar-refractivity contribution in [2.24, 2.45) is 5.92 Å². The molecule has 1 aromatic rings. The van der Waals surface area contributed by atoms with Gasteiger partial charge in [-0.2, -0.15) is 4.98 Å². The summed E-state index contributed by atoms with van der Waals surface area (Å²) in [5.74, 6) is 0.948. The molecule has 0 amide bonds. The van der Waals surface area contributed by atoms with E-state index in [1.165, 1.54) is 0 Å². The summed E-state index contributed by atoms with van der Waals surface area (Å²) < 4.78 is 0. The zero-order valence-electron chi connectivity index (χ0n) is 12.5. The molecule has 116 valence electrons. The van der Waals surface area contributed by atoms with Crippen LogP contribution in [-0.4, -0.2) is 52.5 Å². The van der Waals surface area contributed by atoms with Crippen molar-refractivity contribution < 1.29 is 4.92 Å². The van der Waals surface area contributed by atoms with E-state index in [4.69, 9.17) is 11.6 Å². The van der Waals surface area contributed by atoms with Crippen LogP contribution in [0.4, 0.5) is 11.5 Å². The van der Waals surface area contributed by atoms with Crippen molar-refractivity contribution in [1.29, 1.82) is 0 Å². The van der Waals surface area contributed by atoms with Gasteiger partial charge in [0.25, 0.3) is 0 Å². The number of rotatable bonds is 4. The number of hydrogen-bond donors (Lipinski definition) is 0. The third-order valence-electron chi connectivity index (χ3n) is 3.49. The Morgan fingerprint density at radius 3 is 2.43 bits per heavy atom. The molecule has 0 atom stereocenters. The van der Waals surface area contributed by atoms with Crippen LogP contribution >= 0.6 is 11.6 Å². The lowest BCUT2D eigenvalue weighted by molar-refractivity contribution is -0.385. The van der Waals surface area contributed by atoms with Crippen molar-refractivity contribution in [1.82, 2.24) is 14.9 Å². The number of anilines is 1. The van der Waals surface area contributed by atoms with Crippen LogP contribution in [0, 0.1) is 23.0 Å². The summed E-state index contributed by atoms with van der Waals surface area (Å²) in [6.45, 7) is 10.2. The van der Waals surface area contributed by atoms with E-state index in [9.17, 15) is 10.1 Å². The smallest absolute Gasteiger partial charge is 0.332 e. The first kappa shape index (κ1) is 15.9. The van der Waals surface area contributed by atoms with E-state index >= 15 is 0 Å². The summed E-state index contributed by atoms with van der Waals surface area (Å²) in [5, 5.41) is 11.3. The van der Waals surface area contributed by atoms with E-state index in [2.05, 4.69) is 28.7 Å². The van der Waals surface area contributed by atoms with Crippen molar-refractivity contribution in [3.05, 3.63) is 21.1 Å². The molecule has 21 heavy (non-hydrogen) atoms. The molecule has 1 saturated heterocycles. The monoisotopic (exact) mass is 313 g/mol. The van der Waals surface area contributed by atoms with Crippen molar-refractivity contribution in [3.8, 4) is 0 Å². The molecule has 0 saturated carbocycles. The van der Waals surface area contributed by atoms with Gasteiger partial charge in [-0.3, -0.25) is 15.0 Å². The molecule has 0 N–H and O–H groups in total. The Balaban J connectivity index is 2.18. The Morgan fingerprint density at radius 2 is 1.90 bits per heavy atom. The van der Waals surface area contributed by atoms with Crippen molar-refractivity contribution >= 4 is 23.1 Å². The van der Waals surface area contributed by atoms with E-state index < -0.39 is 4.92 Å². The minimum absolute atomic E-state index is 0.0447. The Hall–Kier alpha value is -1.47. The maximum absolute atomic E-state index is 11.3. The lowest BCUT2D eigenvalue weighted by Crippen LogP contribution is -2.47. The first-order valence-electron chi connectivity index (χ1n) is 7.04. The van der Waals surface area contributed by atoms with Crippen LogP contribution in [0.25, 0.3) is 0 Å². The van der Waals surface area contributed by atoms with Gasteiger partial charge in [-0.1, -0.05) is 13.8 Å². The molecular formula is C13H20ClN5O2. The quantitative estimate of drug-likeness (QED) is 0.481. The Morgan fingerprint density at radius 1 is 1.29 bits per heavy atom. The highest BCUT2D eigenvalue weighted by Gasteiger charge is 2.28. The van der Waals surface area contributed by atoms with Crippen LogP contribution in [0.15, 0.2) is 0 Å². The lowest BCUT2D eigenvalue weighted by Gasteiger charge is -2.35. The predicted octanol–water partition coefficient (Wildman–Crippen LogP) is 2.12. The fraction of sp³-hybridized carbons (Fsp3) is 0.692. The van der Waals surface area contributed by atoms with Gasteiger partial charge < -0.3 is 4.90 Å². The normalized spacial score (nSPS) is 16.5. The van der Waals surface area contributed by atoms with Gasteiger partial charge in [0.1, 0.15) is 5.69 Å². The van der Waals surface area contributed by atoms with Gasteiger partial charge in [0.05, 0.1) is 4.92 Å². The summed E-state index contributed by atoms with van der Waals surface area (Å²) >= 11 is 5.86. The zero-order valence-corrected chi connectivity index (χ0v) is 13.3. The molecule has 0 radical (unpaired) electrons. The zero-order chi connectivity index (χ0) is 15.6. The highest BCUT2D eigenvalue weighted by Crippen LogP contribution is 2.30. The summed E-state index contributed by atoms with van der Waals surface area (Å²) in [7, 11) is 0. The highest BCUT2D eigenvalue weighted by molar-refractivity contribution is 6.28. The molecule has 8 heteroatoms. The van der Waals surface area contributed by atoms with E-state index in [-0.39, 0.29) is 11.0 Å².